The number of pyridine rings is 1. The second-order valence-corrected chi connectivity index (χ2v) is 4.62. The van der Waals surface area contributed by atoms with Crippen LogP contribution in [0.15, 0.2) is 30.5 Å². The van der Waals surface area contributed by atoms with Crippen LogP contribution in [0.1, 0.15) is 10.4 Å². The van der Waals surface area contributed by atoms with Crippen molar-refractivity contribution in [1.82, 2.24) is 9.88 Å². The molecule has 2 aromatic rings. The van der Waals surface area contributed by atoms with Crippen molar-refractivity contribution in [1.29, 1.82) is 0 Å². The van der Waals surface area contributed by atoms with Crippen molar-refractivity contribution in [2.75, 3.05) is 33.4 Å². The third-order valence-corrected chi connectivity index (χ3v) is 3.47. The first-order chi connectivity index (χ1) is 9.81. The van der Waals surface area contributed by atoms with Crippen LogP contribution in [0.2, 0.25) is 0 Å². The number of methoxy groups -OCH3 is 1. The largest absolute Gasteiger partial charge is 0.494 e. The Hall–Kier alpha value is -2.14. The van der Waals surface area contributed by atoms with Gasteiger partial charge >= 0.3 is 0 Å². The molecule has 1 aromatic carbocycles. The molecule has 0 aliphatic carbocycles. The zero-order chi connectivity index (χ0) is 13.9. The summed E-state index contributed by atoms with van der Waals surface area (Å²) in [6.07, 6.45) is 1.61. The van der Waals surface area contributed by atoms with Gasteiger partial charge in [0.25, 0.3) is 5.91 Å². The van der Waals surface area contributed by atoms with E-state index in [1.165, 1.54) is 0 Å². The minimum Gasteiger partial charge on any atom is -0.494 e. The van der Waals surface area contributed by atoms with E-state index < -0.39 is 0 Å². The predicted octanol–water partition coefficient (Wildman–Crippen LogP) is 1.72. The Bertz CT molecular complexity index is 636. The number of carbonyl (C=O) groups is 1. The first-order valence-electron chi connectivity index (χ1n) is 6.60. The number of aromatic nitrogens is 1. The van der Waals surface area contributed by atoms with Crippen molar-refractivity contribution in [3.8, 4) is 5.75 Å². The smallest absolute Gasteiger partial charge is 0.258 e. The van der Waals surface area contributed by atoms with Gasteiger partial charge in [-0.2, -0.15) is 0 Å². The molecule has 3 rings (SSSR count). The van der Waals surface area contributed by atoms with Crippen molar-refractivity contribution in [3.63, 3.8) is 0 Å². The summed E-state index contributed by atoms with van der Waals surface area (Å²) >= 11 is 0. The van der Waals surface area contributed by atoms with E-state index in [0.29, 0.717) is 37.6 Å². The zero-order valence-electron chi connectivity index (χ0n) is 11.3. The third kappa shape index (κ3) is 2.20. The molecule has 0 radical (unpaired) electrons. The summed E-state index contributed by atoms with van der Waals surface area (Å²) in [5, 5.41) is 0.823. The minimum atomic E-state index is -0.0243. The van der Waals surface area contributed by atoms with Gasteiger partial charge in [-0.15, -0.1) is 0 Å². The van der Waals surface area contributed by atoms with Crippen LogP contribution in [0.25, 0.3) is 10.9 Å². The Labute approximate surface area is 117 Å². The predicted molar refractivity (Wildman–Crippen MR) is 75.0 cm³/mol. The van der Waals surface area contributed by atoms with Crippen molar-refractivity contribution in [3.05, 3.63) is 36.0 Å². The van der Waals surface area contributed by atoms with Crippen LogP contribution in [0.3, 0.4) is 0 Å². The highest BCUT2D eigenvalue weighted by molar-refractivity contribution is 6.08. The summed E-state index contributed by atoms with van der Waals surface area (Å²) in [6.45, 7) is 2.38. The average Bonchev–Trinajstić information content (AvgIpc) is 2.54. The average molecular weight is 272 g/mol. The van der Waals surface area contributed by atoms with E-state index in [9.17, 15) is 4.79 Å². The molecule has 20 heavy (non-hydrogen) atoms. The fraction of sp³-hybridized carbons (Fsp3) is 0.333. The van der Waals surface area contributed by atoms with E-state index in [1.54, 1.807) is 18.2 Å². The molecule has 1 aromatic heterocycles. The van der Waals surface area contributed by atoms with Crippen molar-refractivity contribution in [2.45, 2.75) is 0 Å². The number of hydrogen-bond donors (Lipinski definition) is 0. The van der Waals surface area contributed by atoms with Crippen molar-refractivity contribution < 1.29 is 14.3 Å². The molecule has 5 heteroatoms. The molecule has 0 unspecified atom stereocenters. The molecule has 1 amide bonds. The molecule has 0 saturated carbocycles. The van der Waals surface area contributed by atoms with Crippen LogP contribution >= 0.6 is 0 Å². The van der Waals surface area contributed by atoms with Crippen LogP contribution in [0.4, 0.5) is 0 Å². The number of benzene rings is 1. The number of para-hydroxylation sites is 1. The van der Waals surface area contributed by atoms with Crippen LogP contribution in [-0.4, -0.2) is 49.2 Å². The van der Waals surface area contributed by atoms with E-state index in [-0.39, 0.29) is 5.91 Å². The van der Waals surface area contributed by atoms with Gasteiger partial charge in [-0.3, -0.25) is 9.78 Å². The molecular formula is C15H16N2O3. The zero-order valence-corrected chi connectivity index (χ0v) is 11.3. The summed E-state index contributed by atoms with van der Waals surface area (Å²) in [5.41, 5.74) is 1.38. The lowest BCUT2D eigenvalue weighted by molar-refractivity contribution is 0.0302. The lowest BCUT2D eigenvalue weighted by atomic mass is 10.1. The molecule has 1 aliphatic rings. The maximum Gasteiger partial charge on any atom is 0.258 e. The molecular weight excluding hydrogens is 256 g/mol. The summed E-state index contributed by atoms with van der Waals surface area (Å²) < 4.78 is 10.6. The highest BCUT2D eigenvalue weighted by Crippen LogP contribution is 2.27. The third-order valence-electron chi connectivity index (χ3n) is 3.47. The normalized spacial score (nSPS) is 15.3. The van der Waals surface area contributed by atoms with Crippen LogP contribution < -0.4 is 4.74 Å². The lowest BCUT2D eigenvalue weighted by Gasteiger charge is -2.27. The number of nitrogens with zero attached hydrogens (tertiary/aromatic N) is 2. The van der Waals surface area contributed by atoms with Gasteiger partial charge in [-0.1, -0.05) is 18.2 Å². The van der Waals surface area contributed by atoms with Crippen LogP contribution in [0.5, 0.6) is 5.75 Å². The Kier molecular flexibility index (Phi) is 3.52. The Morgan fingerprint density at radius 3 is 2.80 bits per heavy atom. The second-order valence-electron chi connectivity index (χ2n) is 4.62. The number of morpholine rings is 1. The van der Waals surface area contributed by atoms with Gasteiger partial charge in [0.1, 0.15) is 0 Å². The molecule has 0 bridgehead atoms. The maximum atomic E-state index is 12.8. The van der Waals surface area contributed by atoms with E-state index in [0.717, 1.165) is 10.9 Å². The minimum absolute atomic E-state index is 0.0243. The summed E-state index contributed by atoms with van der Waals surface area (Å²) in [7, 11) is 1.56. The van der Waals surface area contributed by atoms with E-state index >= 15 is 0 Å². The van der Waals surface area contributed by atoms with E-state index in [4.69, 9.17) is 9.47 Å². The highest BCUT2D eigenvalue weighted by Gasteiger charge is 2.24. The molecule has 1 aliphatic heterocycles. The van der Waals surface area contributed by atoms with E-state index in [1.807, 2.05) is 24.3 Å². The van der Waals surface area contributed by atoms with Gasteiger partial charge < -0.3 is 14.4 Å². The topological polar surface area (TPSA) is 51.7 Å². The molecule has 2 heterocycles. The van der Waals surface area contributed by atoms with Gasteiger partial charge in [-0.05, 0) is 6.07 Å². The summed E-state index contributed by atoms with van der Waals surface area (Å²) in [5.74, 6) is 0.490. The molecule has 1 saturated heterocycles. The van der Waals surface area contributed by atoms with Crippen molar-refractivity contribution >= 4 is 16.8 Å². The number of hydrogen-bond acceptors (Lipinski definition) is 4. The van der Waals surface area contributed by atoms with E-state index in [2.05, 4.69) is 4.98 Å². The van der Waals surface area contributed by atoms with Crippen LogP contribution in [0, 0.1) is 0 Å². The Balaban J connectivity index is 2.10. The quantitative estimate of drug-likeness (QED) is 0.835. The molecule has 5 nitrogen and oxygen atoms in total. The number of carbonyl (C=O) groups excluding carboxylic acids is 1. The maximum absolute atomic E-state index is 12.8. The second kappa shape index (κ2) is 5.46. The summed E-state index contributed by atoms with van der Waals surface area (Å²) in [4.78, 5) is 18.9. The Morgan fingerprint density at radius 2 is 2.05 bits per heavy atom. The fourth-order valence-electron chi connectivity index (χ4n) is 2.42. The Morgan fingerprint density at radius 1 is 1.30 bits per heavy atom. The van der Waals surface area contributed by atoms with Crippen molar-refractivity contribution in [2.24, 2.45) is 0 Å². The molecule has 0 spiro atoms. The first-order valence-corrected chi connectivity index (χ1v) is 6.60. The number of amides is 1. The van der Waals surface area contributed by atoms with Gasteiger partial charge in [-0.25, -0.2) is 0 Å². The monoisotopic (exact) mass is 272 g/mol. The lowest BCUT2D eigenvalue weighted by Crippen LogP contribution is -2.40. The highest BCUT2D eigenvalue weighted by atomic mass is 16.5. The molecule has 1 fully saturated rings. The van der Waals surface area contributed by atoms with Gasteiger partial charge in [0, 0.05) is 18.5 Å². The fourth-order valence-corrected chi connectivity index (χ4v) is 2.42. The molecule has 0 N–H and O–H groups in total. The van der Waals surface area contributed by atoms with Gasteiger partial charge in [0.2, 0.25) is 0 Å². The number of ether oxygens (including phenoxy) is 2. The molecule has 0 atom stereocenters. The van der Waals surface area contributed by atoms with Gasteiger partial charge in [0.15, 0.2) is 5.75 Å². The van der Waals surface area contributed by atoms with Gasteiger partial charge in [0.05, 0.1) is 37.6 Å². The SMILES string of the molecule is COc1cnc2ccccc2c1C(=O)N1CCOCC1. The number of rotatable bonds is 2. The number of fused-ring (bicyclic) bond motifs is 1. The molecule has 104 valence electrons. The first kappa shape index (κ1) is 12.9. The summed E-state index contributed by atoms with van der Waals surface area (Å²) in [6, 6.07) is 7.60. The standard InChI is InChI=1S/C15H16N2O3/c1-19-13-10-16-12-5-3-2-4-11(12)14(13)15(18)17-6-8-20-9-7-17/h2-5,10H,6-9H2,1H3. The van der Waals surface area contributed by atoms with Crippen LogP contribution in [-0.2, 0) is 4.74 Å².